The van der Waals surface area contributed by atoms with Crippen molar-refractivity contribution >= 4 is 11.6 Å². The lowest BCUT2D eigenvalue weighted by atomic mass is 10.0. The number of ether oxygens (including phenoxy) is 3. The Morgan fingerprint density at radius 1 is 1.35 bits per heavy atom. The minimum absolute atomic E-state index is 0.0777. The van der Waals surface area contributed by atoms with Gasteiger partial charge in [0.2, 0.25) is 5.88 Å². The van der Waals surface area contributed by atoms with E-state index < -0.39 is 5.60 Å². The molecule has 1 N–H and O–H groups in total. The van der Waals surface area contributed by atoms with Crippen LogP contribution in [0.1, 0.15) is 38.2 Å². The van der Waals surface area contributed by atoms with Crippen molar-refractivity contribution in [2.75, 3.05) is 32.2 Å². The van der Waals surface area contributed by atoms with Crippen LogP contribution in [0.3, 0.4) is 0 Å². The SMILES string of the molecule is CCOC1(C(=O)Nc2cnc(OCCOC)c(C)c2)CCCC1. The summed E-state index contributed by atoms with van der Waals surface area (Å²) in [6.07, 6.45) is 5.21. The van der Waals surface area contributed by atoms with Gasteiger partial charge < -0.3 is 19.5 Å². The maximum absolute atomic E-state index is 12.6. The summed E-state index contributed by atoms with van der Waals surface area (Å²) >= 11 is 0. The van der Waals surface area contributed by atoms with Gasteiger partial charge in [0.25, 0.3) is 5.91 Å². The van der Waals surface area contributed by atoms with Gasteiger partial charge in [-0.15, -0.1) is 0 Å². The van der Waals surface area contributed by atoms with Crippen LogP contribution in [0.15, 0.2) is 12.3 Å². The maximum atomic E-state index is 12.6. The van der Waals surface area contributed by atoms with E-state index in [-0.39, 0.29) is 5.91 Å². The number of carbonyl (C=O) groups is 1. The maximum Gasteiger partial charge on any atom is 0.256 e. The highest BCUT2D eigenvalue weighted by Gasteiger charge is 2.42. The quantitative estimate of drug-likeness (QED) is 0.745. The summed E-state index contributed by atoms with van der Waals surface area (Å²) in [4.78, 5) is 16.9. The van der Waals surface area contributed by atoms with Crippen LogP contribution in [-0.2, 0) is 14.3 Å². The number of aromatic nitrogens is 1. The Bertz CT molecular complexity index is 527. The van der Waals surface area contributed by atoms with Crippen LogP contribution >= 0.6 is 0 Å². The Kier molecular flexibility index (Phi) is 6.36. The highest BCUT2D eigenvalue weighted by Crippen LogP contribution is 2.34. The molecule has 0 radical (unpaired) electrons. The van der Waals surface area contributed by atoms with Crippen LogP contribution in [0, 0.1) is 6.92 Å². The van der Waals surface area contributed by atoms with Crippen molar-refractivity contribution in [1.82, 2.24) is 4.98 Å². The van der Waals surface area contributed by atoms with Crippen LogP contribution in [0.4, 0.5) is 5.69 Å². The summed E-state index contributed by atoms with van der Waals surface area (Å²) in [5.41, 5.74) is 0.851. The minimum Gasteiger partial charge on any atom is -0.475 e. The summed E-state index contributed by atoms with van der Waals surface area (Å²) in [5, 5.41) is 2.94. The third-order valence-corrected chi connectivity index (χ3v) is 4.06. The van der Waals surface area contributed by atoms with E-state index in [2.05, 4.69) is 10.3 Å². The first-order chi connectivity index (χ1) is 11.1. The molecule has 1 saturated carbocycles. The minimum atomic E-state index is -0.684. The van der Waals surface area contributed by atoms with Crippen molar-refractivity contribution < 1.29 is 19.0 Å². The largest absolute Gasteiger partial charge is 0.475 e. The van der Waals surface area contributed by atoms with E-state index in [1.807, 2.05) is 19.9 Å². The Morgan fingerprint density at radius 3 is 2.70 bits per heavy atom. The fraction of sp³-hybridized carbons (Fsp3) is 0.647. The number of amides is 1. The summed E-state index contributed by atoms with van der Waals surface area (Å²) in [6.45, 7) is 5.32. The zero-order valence-electron chi connectivity index (χ0n) is 14.2. The van der Waals surface area contributed by atoms with Crippen LogP contribution < -0.4 is 10.1 Å². The van der Waals surface area contributed by atoms with Crippen molar-refractivity contribution in [3.63, 3.8) is 0 Å². The Morgan fingerprint density at radius 2 is 2.09 bits per heavy atom. The van der Waals surface area contributed by atoms with Gasteiger partial charge in [0.1, 0.15) is 12.2 Å². The monoisotopic (exact) mass is 322 g/mol. The number of carbonyl (C=O) groups excluding carboxylic acids is 1. The lowest BCUT2D eigenvalue weighted by Crippen LogP contribution is -2.43. The predicted molar refractivity (Wildman–Crippen MR) is 87.8 cm³/mol. The molecule has 6 nitrogen and oxygen atoms in total. The van der Waals surface area contributed by atoms with Gasteiger partial charge in [0.05, 0.1) is 18.5 Å². The predicted octanol–water partition coefficient (Wildman–Crippen LogP) is 2.70. The molecule has 2 rings (SSSR count). The van der Waals surface area contributed by atoms with Crippen molar-refractivity contribution in [3.8, 4) is 5.88 Å². The van der Waals surface area contributed by atoms with Gasteiger partial charge in [0, 0.05) is 19.3 Å². The van der Waals surface area contributed by atoms with Crippen LogP contribution in [0.25, 0.3) is 0 Å². The molecule has 1 aromatic heterocycles. The van der Waals surface area contributed by atoms with E-state index in [1.54, 1.807) is 13.3 Å². The van der Waals surface area contributed by atoms with Crippen LogP contribution in [0.2, 0.25) is 0 Å². The molecular formula is C17H26N2O4. The molecule has 1 aromatic rings. The highest BCUT2D eigenvalue weighted by atomic mass is 16.5. The van der Waals surface area contributed by atoms with E-state index in [4.69, 9.17) is 14.2 Å². The Labute approximate surface area is 137 Å². The van der Waals surface area contributed by atoms with E-state index >= 15 is 0 Å². The van der Waals surface area contributed by atoms with Gasteiger partial charge in [-0.2, -0.15) is 0 Å². The first-order valence-corrected chi connectivity index (χ1v) is 8.15. The van der Waals surface area contributed by atoms with Crippen LogP contribution in [-0.4, -0.2) is 43.4 Å². The Balaban J connectivity index is 2.02. The van der Waals surface area contributed by atoms with Crippen LogP contribution in [0.5, 0.6) is 5.88 Å². The smallest absolute Gasteiger partial charge is 0.256 e. The summed E-state index contributed by atoms with van der Waals surface area (Å²) < 4.78 is 16.2. The molecule has 1 fully saturated rings. The second-order valence-corrected chi connectivity index (χ2v) is 5.78. The highest BCUT2D eigenvalue weighted by molar-refractivity contribution is 5.97. The number of hydrogen-bond acceptors (Lipinski definition) is 5. The second-order valence-electron chi connectivity index (χ2n) is 5.78. The molecule has 1 amide bonds. The molecular weight excluding hydrogens is 296 g/mol. The first kappa shape index (κ1) is 17.7. The lowest BCUT2D eigenvalue weighted by molar-refractivity contribution is -0.140. The van der Waals surface area contributed by atoms with Gasteiger partial charge in [-0.05, 0) is 45.6 Å². The molecule has 0 unspecified atom stereocenters. The van der Waals surface area contributed by atoms with Gasteiger partial charge in [0.15, 0.2) is 0 Å². The average Bonchev–Trinajstić information content (AvgIpc) is 3.00. The zero-order chi connectivity index (χ0) is 16.7. The first-order valence-electron chi connectivity index (χ1n) is 8.15. The Hall–Kier alpha value is -1.66. The summed E-state index contributed by atoms with van der Waals surface area (Å²) in [5.74, 6) is 0.478. The number of anilines is 1. The standard InChI is InChI=1S/C17H26N2O4/c1-4-23-17(7-5-6-8-17)16(20)19-14-11-13(2)15(18-12-14)22-10-9-21-3/h11-12H,4-10H2,1-3H3,(H,19,20). The van der Waals surface area contributed by atoms with Crippen molar-refractivity contribution in [2.45, 2.75) is 45.1 Å². The normalized spacial score (nSPS) is 16.3. The number of aryl methyl sites for hydroxylation is 1. The van der Waals surface area contributed by atoms with E-state index in [9.17, 15) is 4.79 Å². The fourth-order valence-corrected chi connectivity index (χ4v) is 2.91. The fourth-order valence-electron chi connectivity index (χ4n) is 2.91. The molecule has 0 bridgehead atoms. The van der Waals surface area contributed by atoms with Crippen molar-refractivity contribution in [2.24, 2.45) is 0 Å². The van der Waals surface area contributed by atoms with E-state index in [0.29, 0.717) is 31.4 Å². The van der Waals surface area contributed by atoms with Gasteiger partial charge >= 0.3 is 0 Å². The molecule has 0 atom stereocenters. The molecule has 0 aromatic carbocycles. The molecule has 1 aliphatic rings. The summed E-state index contributed by atoms with van der Waals surface area (Å²) in [6, 6.07) is 1.86. The third-order valence-electron chi connectivity index (χ3n) is 4.06. The number of nitrogens with zero attached hydrogens (tertiary/aromatic N) is 1. The number of rotatable bonds is 8. The number of hydrogen-bond donors (Lipinski definition) is 1. The van der Waals surface area contributed by atoms with Gasteiger partial charge in [-0.1, -0.05) is 0 Å². The van der Waals surface area contributed by atoms with E-state index in [0.717, 1.165) is 31.2 Å². The zero-order valence-corrected chi connectivity index (χ0v) is 14.2. The topological polar surface area (TPSA) is 69.7 Å². The number of pyridine rings is 1. The summed E-state index contributed by atoms with van der Waals surface area (Å²) in [7, 11) is 1.62. The molecule has 1 heterocycles. The van der Waals surface area contributed by atoms with Crippen molar-refractivity contribution in [1.29, 1.82) is 0 Å². The molecule has 0 spiro atoms. The molecule has 6 heteroatoms. The number of methoxy groups -OCH3 is 1. The molecule has 1 aliphatic carbocycles. The van der Waals surface area contributed by atoms with Crippen molar-refractivity contribution in [3.05, 3.63) is 17.8 Å². The molecule has 128 valence electrons. The second kappa shape index (κ2) is 8.26. The third kappa shape index (κ3) is 4.42. The average molecular weight is 322 g/mol. The molecule has 23 heavy (non-hydrogen) atoms. The molecule has 0 aliphatic heterocycles. The van der Waals surface area contributed by atoms with Gasteiger partial charge in [-0.3, -0.25) is 4.79 Å². The van der Waals surface area contributed by atoms with E-state index in [1.165, 1.54) is 0 Å². The van der Waals surface area contributed by atoms with Gasteiger partial charge in [-0.25, -0.2) is 4.98 Å². The number of nitrogens with one attached hydrogen (secondary N) is 1. The molecule has 0 saturated heterocycles. The lowest BCUT2D eigenvalue weighted by Gasteiger charge is -2.27.